The maximum absolute atomic E-state index is 10.9. The van der Waals surface area contributed by atoms with Crippen LogP contribution in [-0.4, -0.2) is 62.0 Å². The quantitative estimate of drug-likeness (QED) is 0.413. The van der Waals surface area contributed by atoms with E-state index in [4.69, 9.17) is 4.55 Å². The molecule has 0 aliphatic heterocycles. The van der Waals surface area contributed by atoms with Gasteiger partial charge in [-0.15, -0.1) is 0 Å². The van der Waals surface area contributed by atoms with Gasteiger partial charge < -0.3 is 5.32 Å². The Morgan fingerprint density at radius 2 is 1.87 bits per heavy atom. The van der Waals surface area contributed by atoms with Crippen LogP contribution >= 0.6 is 0 Å². The molecule has 0 heterocycles. The van der Waals surface area contributed by atoms with Crippen molar-refractivity contribution < 1.29 is 17.8 Å². The molecule has 0 aromatic heterocycles. The molecule has 1 amide bonds. The second kappa shape index (κ2) is 6.20. The minimum absolute atomic E-state index is 0. The Kier molecular flexibility index (Phi) is 7.34. The van der Waals surface area contributed by atoms with E-state index in [-0.39, 0.29) is 37.7 Å². The predicted molar refractivity (Wildman–Crippen MR) is 61.7 cm³/mol. The van der Waals surface area contributed by atoms with Crippen LogP contribution in [0.15, 0.2) is 12.7 Å². The molecule has 0 bridgehead atoms. The Morgan fingerprint density at radius 3 is 2.07 bits per heavy atom. The van der Waals surface area contributed by atoms with Gasteiger partial charge in [0.1, 0.15) is 0 Å². The molecule has 0 saturated heterocycles. The summed E-state index contributed by atoms with van der Waals surface area (Å²) in [5.74, 6) is -0.637. The zero-order chi connectivity index (χ0) is 11.6. The van der Waals surface area contributed by atoms with Gasteiger partial charge in [-0.05, 0) is 11.5 Å². The van der Waals surface area contributed by atoms with Crippen molar-refractivity contribution in [1.82, 2.24) is 5.32 Å². The van der Waals surface area contributed by atoms with Crippen LogP contribution in [0.25, 0.3) is 0 Å². The van der Waals surface area contributed by atoms with Crippen LogP contribution in [0.4, 0.5) is 0 Å². The number of amides is 1. The molecule has 0 aliphatic carbocycles. The van der Waals surface area contributed by atoms with Gasteiger partial charge in [-0.1, -0.05) is 27.4 Å². The van der Waals surface area contributed by atoms with Crippen molar-refractivity contribution in [3.8, 4) is 0 Å². The van der Waals surface area contributed by atoms with Gasteiger partial charge >= 0.3 is 37.7 Å². The Balaban J connectivity index is 0. The number of hydrogen-bond donors (Lipinski definition) is 2. The first-order valence-electron chi connectivity index (χ1n) is 3.98. The number of rotatable bonds is 3. The summed E-state index contributed by atoms with van der Waals surface area (Å²) in [6.45, 7) is 7.97. The van der Waals surface area contributed by atoms with Gasteiger partial charge in [-0.2, -0.15) is 8.42 Å². The van der Waals surface area contributed by atoms with Crippen LogP contribution in [0.1, 0.15) is 20.8 Å². The van der Waals surface area contributed by atoms with E-state index in [9.17, 15) is 13.2 Å². The second-order valence-electron chi connectivity index (χ2n) is 3.97. The summed E-state index contributed by atoms with van der Waals surface area (Å²) >= 11 is 0. The molecule has 0 fully saturated rings. The third-order valence-electron chi connectivity index (χ3n) is 1.54. The molecule has 86 valence electrons. The van der Waals surface area contributed by atoms with Crippen LogP contribution in [-0.2, 0) is 14.9 Å². The molecular weight excluding hydrogens is 246 g/mol. The Labute approximate surface area is 120 Å². The van der Waals surface area contributed by atoms with Crippen LogP contribution in [0.5, 0.6) is 0 Å². The molecule has 0 rings (SSSR count). The van der Waals surface area contributed by atoms with Crippen LogP contribution in [0.3, 0.4) is 0 Å². The summed E-state index contributed by atoms with van der Waals surface area (Å²) in [6, 6.07) is 0. The molecule has 0 spiro atoms. The summed E-state index contributed by atoms with van der Waals surface area (Å²) in [7, 11) is -4.31. The van der Waals surface area contributed by atoms with Crippen molar-refractivity contribution in [2.45, 2.75) is 26.1 Å². The number of carbonyl (C=O) groups excluding carboxylic acids is 1. The monoisotopic (exact) mass is 263 g/mol. The third-order valence-corrected chi connectivity index (χ3v) is 2.96. The summed E-state index contributed by atoms with van der Waals surface area (Å²) < 4.78 is 30.8. The van der Waals surface area contributed by atoms with Crippen molar-refractivity contribution >= 4 is 53.8 Å². The molecule has 1 atom stereocenters. The van der Waals surface area contributed by atoms with E-state index in [0.29, 0.717) is 0 Å². The molecular formula is C8H17CaNO4S. The average Bonchev–Trinajstić information content (AvgIpc) is 1.95. The fourth-order valence-corrected chi connectivity index (χ4v) is 2.08. The standard InChI is InChI=1S/C8H15NO4S.Ca.2H/c1-5-6(10)9-7(8(2,3)4)14(11,12)13;;;/h5,7H,1H2,2-4H3,(H,9,10)(H,11,12,13);;;. The van der Waals surface area contributed by atoms with Gasteiger partial charge in [0.15, 0.2) is 5.37 Å². The van der Waals surface area contributed by atoms with E-state index < -0.39 is 26.8 Å². The summed E-state index contributed by atoms with van der Waals surface area (Å²) in [5, 5.41) is 0.819. The maximum atomic E-state index is 10.9. The third kappa shape index (κ3) is 6.52. The van der Waals surface area contributed by atoms with E-state index in [2.05, 4.69) is 11.9 Å². The van der Waals surface area contributed by atoms with Crippen LogP contribution < -0.4 is 5.32 Å². The van der Waals surface area contributed by atoms with Gasteiger partial charge in [0, 0.05) is 0 Å². The van der Waals surface area contributed by atoms with Crippen molar-refractivity contribution in [2.24, 2.45) is 5.41 Å². The Bertz CT molecular complexity index is 331. The van der Waals surface area contributed by atoms with Gasteiger partial charge in [0.05, 0.1) is 0 Å². The molecule has 0 aliphatic rings. The van der Waals surface area contributed by atoms with Crippen molar-refractivity contribution in [3.05, 3.63) is 12.7 Å². The topological polar surface area (TPSA) is 83.5 Å². The molecule has 5 nitrogen and oxygen atoms in total. The predicted octanol–water partition coefficient (Wildman–Crippen LogP) is -0.368. The van der Waals surface area contributed by atoms with Gasteiger partial charge in [0.25, 0.3) is 10.1 Å². The zero-order valence-electron chi connectivity index (χ0n) is 8.44. The van der Waals surface area contributed by atoms with Crippen molar-refractivity contribution in [1.29, 1.82) is 0 Å². The van der Waals surface area contributed by atoms with E-state index in [1.807, 2.05) is 0 Å². The molecule has 15 heavy (non-hydrogen) atoms. The Hall–Kier alpha value is 0.380. The van der Waals surface area contributed by atoms with Crippen LogP contribution in [0, 0.1) is 5.41 Å². The number of nitrogens with one attached hydrogen (secondary N) is 1. The molecule has 1 unspecified atom stereocenters. The van der Waals surface area contributed by atoms with Crippen LogP contribution in [0.2, 0.25) is 0 Å². The van der Waals surface area contributed by atoms with E-state index in [0.717, 1.165) is 6.08 Å². The van der Waals surface area contributed by atoms with E-state index in [1.165, 1.54) is 0 Å². The number of carbonyl (C=O) groups is 1. The minimum atomic E-state index is -4.31. The zero-order valence-corrected chi connectivity index (χ0v) is 9.26. The van der Waals surface area contributed by atoms with Gasteiger partial charge in [0.2, 0.25) is 5.91 Å². The van der Waals surface area contributed by atoms with Crippen molar-refractivity contribution in [3.63, 3.8) is 0 Å². The van der Waals surface area contributed by atoms with Crippen molar-refractivity contribution in [2.75, 3.05) is 0 Å². The molecule has 0 aromatic carbocycles. The normalized spacial score (nSPS) is 13.6. The fourth-order valence-electron chi connectivity index (χ4n) is 0.926. The first kappa shape index (κ1) is 17.8. The molecule has 0 radical (unpaired) electrons. The summed E-state index contributed by atoms with van der Waals surface area (Å²) in [6.07, 6.45) is 0.948. The van der Waals surface area contributed by atoms with Gasteiger partial charge in [-0.25, -0.2) is 0 Å². The number of hydrogen-bond acceptors (Lipinski definition) is 3. The molecule has 2 N–H and O–H groups in total. The fraction of sp³-hybridized carbons (Fsp3) is 0.625. The second-order valence-corrected chi connectivity index (χ2v) is 5.48. The molecule has 0 saturated carbocycles. The Morgan fingerprint density at radius 1 is 1.47 bits per heavy atom. The molecule has 7 heteroatoms. The SMILES string of the molecule is C=CC(=O)NC(C(C)(C)C)S(=O)(=O)O.[CaH2]. The molecule has 0 aromatic rings. The summed E-state index contributed by atoms with van der Waals surface area (Å²) in [4.78, 5) is 10.9. The van der Waals surface area contributed by atoms with E-state index >= 15 is 0 Å². The van der Waals surface area contributed by atoms with E-state index in [1.54, 1.807) is 20.8 Å². The van der Waals surface area contributed by atoms with Gasteiger partial charge in [-0.3, -0.25) is 9.35 Å². The first-order chi connectivity index (χ1) is 6.09. The summed E-state index contributed by atoms with van der Waals surface area (Å²) in [5.41, 5.74) is -0.785. The average molecular weight is 263 g/mol. The first-order valence-corrected chi connectivity index (χ1v) is 5.48.